The Kier molecular flexibility index (Phi) is 2.19. The van der Waals surface area contributed by atoms with Crippen LogP contribution >= 0.6 is 0 Å². The maximum Gasteiger partial charge on any atom is 0.0178 e. The Morgan fingerprint density at radius 3 is 2.39 bits per heavy atom. The molecule has 90 valence electrons. The fourth-order valence-electron chi connectivity index (χ4n) is 3.32. The van der Waals surface area contributed by atoms with Gasteiger partial charge in [-0.05, 0) is 46.7 Å². The van der Waals surface area contributed by atoms with Crippen LogP contribution in [-0.4, -0.2) is 18.0 Å². The average Bonchev–Trinajstić information content (AvgIpc) is 2.48. The highest BCUT2D eigenvalue weighted by atomic mass is 15.1. The first-order valence-electron chi connectivity index (χ1n) is 6.85. The van der Waals surface area contributed by atoms with Crippen LogP contribution in [0.5, 0.6) is 0 Å². The first-order chi connectivity index (χ1) is 8.90. The monoisotopic (exact) mass is 235 g/mol. The second-order valence-electron chi connectivity index (χ2n) is 5.46. The van der Waals surface area contributed by atoms with E-state index in [-0.39, 0.29) is 0 Å². The lowest BCUT2D eigenvalue weighted by Gasteiger charge is -2.39. The molecule has 0 amide bonds. The molecule has 1 heteroatoms. The molecule has 0 N–H and O–H groups in total. The lowest BCUT2D eigenvalue weighted by Crippen LogP contribution is -2.35. The van der Waals surface area contributed by atoms with Crippen molar-refractivity contribution in [3.63, 3.8) is 0 Å². The van der Waals surface area contributed by atoms with Crippen molar-refractivity contribution in [3.05, 3.63) is 54.2 Å². The molecule has 0 unspecified atom stereocenters. The fourth-order valence-corrected chi connectivity index (χ4v) is 3.32. The minimum Gasteiger partial charge on any atom is -0.377 e. The van der Waals surface area contributed by atoms with Gasteiger partial charge in [0.15, 0.2) is 0 Å². The first kappa shape index (κ1) is 10.2. The second kappa shape index (κ2) is 3.88. The Morgan fingerprint density at radius 2 is 1.67 bits per heavy atom. The van der Waals surface area contributed by atoms with E-state index >= 15 is 0 Å². The van der Waals surface area contributed by atoms with Gasteiger partial charge in [-0.25, -0.2) is 0 Å². The largest absolute Gasteiger partial charge is 0.377 e. The van der Waals surface area contributed by atoms with Crippen LogP contribution in [0, 0.1) is 5.92 Å². The van der Waals surface area contributed by atoms with E-state index in [2.05, 4.69) is 53.6 Å². The number of fused-ring (bicyclic) bond motifs is 3. The van der Waals surface area contributed by atoms with Crippen molar-refractivity contribution in [2.75, 3.05) is 13.1 Å². The van der Waals surface area contributed by atoms with Gasteiger partial charge in [-0.1, -0.05) is 36.4 Å². The second-order valence-corrected chi connectivity index (χ2v) is 5.46. The van der Waals surface area contributed by atoms with Crippen LogP contribution in [0.3, 0.4) is 0 Å². The summed E-state index contributed by atoms with van der Waals surface area (Å²) in [5.74, 6) is 0.788. The minimum absolute atomic E-state index is 0.788. The van der Waals surface area contributed by atoms with Crippen molar-refractivity contribution in [2.24, 2.45) is 5.92 Å². The number of rotatable bonds is 1. The molecular formula is C17H17N. The van der Waals surface area contributed by atoms with Crippen molar-refractivity contribution in [2.45, 2.75) is 12.8 Å². The molecule has 18 heavy (non-hydrogen) atoms. The standard InChI is InChI=1S/C17H17N/c1-2-4-15-11-16(6-5-13(15)3-1)17-12-18-9-7-14(17)8-10-18/h1-6,11-12,14H,7-10H2. The van der Waals surface area contributed by atoms with Crippen LogP contribution in [-0.2, 0) is 0 Å². The predicted octanol–water partition coefficient (Wildman–Crippen LogP) is 3.91. The summed E-state index contributed by atoms with van der Waals surface area (Å²) in [6, 6.07) is 15.5. The molecule has 0 spiro atoms. The molecule has 0 aliphatic carbocycles. The zero-order valence-corrected chi connectivity index (χ0v) is 10.5. The summed E-state index contributed by atoms with van der Waals surface area (Å²) in [4.78, 5) is 2.48. The average molecular weight is 235 g/mol. The molecule has 1 nitrogen and oxygen atoms in total. The highest BCUT2D eigenvalue weighted by Gasteiger charge is 2.27. The summed E-state index contributed by atoms with van der Waals surface area (Å²) in [5.41, 5.74) is 2.97. The molecule has 1 saturated heterocycles. The summed E-state index contributed by atoms with van der Waals surface area (Å²) in [5, 5.41) is 2.69. The van der Waals surface area contributed by atoms with Crippen molar-refractivity contribution >= 4 is 16.3 Å². The molecule has 1 fully saturated rings. The molecule has 5 rings (SSSR count). The summed E-state index contributed by atoms with van der Waals surface area (Å²) in [6.07, 6.45) is 5.05. The zero-order chi connectivity index (χ0) is 11.9. The van der Waals surface area contributed by atoms with Crippen LogP contribution in [0.25, 0.3) is 16.3 Å². The molecule has 0 saturated carbocycles. The van der Waals surface area contributed by atoms with E-state index in [9.17, 15) is 0 Å². The normalized spacial score (nSPS) is 19.3. The first-order valence-corrected chi connectivity index (χ1v) is 6.85. The van der Waals surface area contributed by atoms with Gasteiger partial charge < -0.3 is 4.90 Å². The molecule has 0 radical (unpaired) electrons. The summed E-state index contributed by atoms with van der Waals surface area (Å²) >= 11 is 0. The van der Waals surface area contributed by atoms with Gasteiger partial charge in [-0.15, -0.1) is 0 Å². The Hall–Kier alpha value is -1.76. The van der Waals surface area contributed by atoms with Gasteiger partial charge in [0.2, 0.25) is 0 Å². The number of nitrogens with zero attached hydrogens (tertiary/aromatic N) is 1. The summed E-state index contributed by atoms with van der Waals surface area (Å²) in [7, 11) is 0. The summed E-state index contributed by atoms with van der Waals surface area (Å²) < 4.78 is 0. The molecule has 3 aliphatic heterocycles. The number of benzene rings is 2. The van der Waals surface area contributed by atoms with Crippen molar-refractivity contribution in [1.82, 2.24) is 4.90 Å². The Bertz CT molecular complexity index is 618. The highest BCUT2D eigenvalue weighted by Crippen LogP contribution is 2.37. The third-order valence-electron chi connectivity index (χ3n) is 4.37. The molecular weight excluding hydrogens is 218 g/mol. The Balaban J connectivity index is 1.83. The quantitative estimate of drug-likeness (QED) is 0.724. The lowest BCUT2D eigenvalue weighted by molar-refractivity contribution is 0.252. The number of piperidine rings is 1. The van der Waals surface area contributed by atoms with Gasteiger partial charge in [0.05, 0.1) is 0 Å². The molecule has 0 aromatic heterocycles. The van der Waals surface area contributed by atoms with Crippen LogP contribution in [0.1, 0.15) is 18.4 Å². The lowest BCUT2D eigenvalue weighted by atomic mass is 9.82. The Morgan fingerprint density at radius 1 is 0.889 bits per heavy atom. The third-order valence-corrected chi connectivity index (χ3v) is 4.37. The zero-order valence-electron chi connectivity index (χ0n) is 10.5. The fraction of sp³-hybridized carbons (Fsp3) is 0.294. The summed E-state index contributed by atoms with van der Waals surface area (Å²) in [6.45, 7) is 2.50. The van der Waals surface area contributed by atoms with E-state index in [0.29, 0.717) is 0 Å². The van der Waals surface area contributed by atoms with Crippen molar-refractivity contribution < 1.29 is 0 Å². The maximum absolute atomic E-state index is 2.48. The van der Waals surface area contributed by atoms with Gasteiger partial charge in [0, 0.05) is 19.3 Å². The van der Waals surface area contributed by atoms with Gasteiger partial charge >= 0.3 is 0 Å². The van der Waals surface area contributed by atoms with Gasteiger partial charge in [0.25, 0.3) is 0 Å². The van der Waals surface area contributed by atoms with Crippen LogP contribution in [0.15, 0.2) is 48.7 Å². The van der Waals surface area contributed by atoms with E-state index in [1.165, 1.54) is 42.3 Å². The molecule has 2 bridgehead atoms. The SMILES string of the molecule is C1=C(c2ccc3ccccc3c2)C2CCN1CC2. The topological polar surface area (TPSA) is 3.24 Å². The highest BCUT2D eigenvalue weighted by molar-refractivity contribution is 5.86. The molecule has 2 aromatic carbocycles. The van der Waals surface area contributed by atoms with Gasteiger partial charge in [0.1, 0.15) is 0 Å². The van der Waals surface area contributed by atoms with E-state index in [1.807, 2.05) is 0 Å². The molecule has 2 aromatic rings. The molecule has 0 atom stereocenters. The van der Waals surface area contributed by atoms with E-state index < -0.39 is 0 Å². The molecule has 3 heterocycles. The smallest absolute Gasteiger partial charge is 0.0178 e. The van der Waals surface area contributed by atoms with Crippen LogP contribution in [0.2, 0.25) is 0 Å². The predicted molar refractivity (Wildman–Crippen MR) is 76.2 cm³/mol. The van der Waals surface area contributed by atoms with E-state index in [0.717, 1.165) is 5.92 Å². The van der Waals surface area contributed by atoms with Crippen molar-refractivity contribution in [1.29, 1.82) is 0 Å². The van der Waals surface area contributed by atoms with Crippen LogP contribution in [0.4, 0.5) is 0 Å². The number of allylic oxidation sites excluding steroid dienone is 1. The van der Waals surface area contributed by atoms with Crippen molar-refractivity contribution in [3.8, 4) is 0 Å². The van der Waals surface area contributed by atoms with E-state index in [1.54, 1.807) is 5.57 Å². The minimum atomic E-state index is 0.788. The number of hydrogen-bond donors (Lipinski definition) is 0. The number of hydrogen-bond acceptors (Lipinski definition) is 1. The van der Waals surface area contributed by atoms with Gasteiger partial charge in [-0.3, -0.25) is 0 Å². The Labute approximate surface area is 108 Å². The third kappa shape index (κ3) is 1.54. The van der Waals surface area contributed by atoms with E-state index in [4.69, 9.17) is 0 Å². The van der Waals surface area contributed by atoms with Gasteiger partial charge in [-0.2, -0.15) is 0 Å². The van der Waals surface area contributed by atoms with Crippen LogP contribution < -0.4 is 0 Å². The molecule has 3 aliphatic rings. The maximum atomic E-state index is 2.48.